The Morgan fingerprint density at radius 2 is 1.65 bits per heavy atom. The highest BCUT2D eigenvalue weighted by atomic mass is 19.2. The second-order valence-corrected chi connectivity index (χ2v) is 8.16. The van der Waals surface area contributed by atoms with Crippen LogP contribution in [0.3, 0.4) is 0 Å². The van der Waals surface area contributed by atoms with Crippen LogP contribution in [0.25, 0.3) is 0 Å². The summed E-state index contributed by atoms with van der Waals surface area (Å²) in [6.07, 6.45) is 11.3. The van der Waals surface area contributed by atoms with E-state index in [9.17, 15) is 13.2 Å². The largest absolute Gasteiger partial charge is 0.378 e. The van der Waals surface area contributed by atoms with Gasteiger partial charge in [0.2, 0.25) is 0 Å². The Kier molecular flexibility index (Phi) is 7.02. The number of ether oxygens (including phenoxy) is 1. The van der Waals surface area contributed by atoms with Gasteiger partial charge in [-0.15, -0.1) is 0 Å². The first kappa shape index (κ1) is 19.7. The molecule has 2 aliphatic rings. The minimum atomic E-state index is -1.33. The Labute approximate surface area is 155 Å². The van der Waals surface area contributed by atoms with E-state index in [1.165, 1.54) is 25.3 Å². The Hall–Kier alpha value is -1.03. The van der Waals surface area contributed by atoms with E-state index < -0.39 is 17.5 Å². The van der Waals surface area contributed by atoms with Crippen molar-refractivity contribution in [2.75, 3.05) is 6.61 Å². The summed E-state index contributed by atoms with van der Waals surface area (Å²) >= 11 is 0. The first-order valence-corrected chi connectivity index (χ1v) is 10.3. The highest BCUT2D eigenvalue weighted by Crippen LogP contribution is 2.47. The molecular formula is C22H31F3O. The number of benzene rings is 1. The van der Waals surface area contributed by atoms with Gasteiger partial charge in [0, 0.05) is 6.61 Å². The number of fused-ring (bicyclic) bond motifs is 1. The lowest BCUT2D eigenvalue weighted by Crippen LogP contribution is -2.34. The fraction of sp³-hybridized carbons (Fsp3) is 0.727. The van der Waals surface area contributed by atoms with Crippen LogP contribution in [0.15, 0.2) is 12.1 Å². The molecule has 0 radical (unpaired) electrons. The highest BCUT2D eigenvalue weighted by molar-refractivity contribution is 5.25. The maximum atomic E-state index is 14.1. The Balaban J connectivity index is 1.50. The molecule has 1 aromatic rings. The first-order chi connectivity index (χ1) is 12.6. The number of hydrogen-bond acceptors (Lipinski definition) is 1. The van der Waals surface area contributed by atoms with Gasteiger partial charge in [-0.2, -0.15) is 0 Å². The van der Waals surface area contributed by atoms with Crippen LogP contribution >= 0.6 is 0 Å². The Bertz CT molecular complexity index is 589. The van der Waals surface area contributed by atoms with E-state index >= 15 is 0 Å². The van der Waals surface area contributed by atoms with Crippen LogP contribution < -0.4 is 0 Å². The minimum absolute atomic E-state index is 0.0119. The summed E-state index contributed by atoms with van der Waals surface area (Å²) in [5, 5.41) is 0. The predicted molar refractivity (Wildman–Crippen MR) is 97.6 cm³/mol. The molecule has 2 fully saturated rings. The SMILES string of the molecule is CCCCCCOC1CCC2CC(c3ccc(F)c(F)c3F)CCC2C1. The van der Waals surface area contributed by atoms with E-state index in [2.05, 4.69) is 6.92 Å². The molecule has 4 atom stereocenters. The third kappa shape index (κ3) is 4.62. The van der Waals surface area contributed by atoms with Gasteiger partial charge in [-0.3, -0.25) is 0 Å². The van der Waals surface area contributed by atoms with Crippen LogP contribution in [0.2, 0.25) is 0 Å². The number of rotatable bonds is 7. The lowest BCUT2D eigenvalue weighted by molar-refractivity contribution is -0.0164. The molecule has 0 N–H and O–H groups in total. The van der Waals surface area contributed by atoms with Crippen LogP contribution in [0.5, 0.6) is 0 Å². The van der Waals surface area contributed by atoms with Crippen molar-refractivity contribution in [1.29, 1.82) is 0 Å². The summed E-state index contributed by atoms with van der Waals surface area (Å²) in [7, 11) is 0. The predicted octanol–water partition coefficient (Wildman–Crippen LogP) is 6.75. The molecule has 1 aromatic carbocycles. The maximum Gasteiger partial charge on any atom is 0.194 e. The normalized spacial score (nSPS) is 28.8. The lowest BCUT2D eigenvalue weighted by atomic mass is 9.65. The molecule has 0 spiro atoms. The smallest absolute Gasteiger partial charge is 0.194 e. The Morgan fingerprint density at radius 1 is 0.885 bits per heavy atom. The van der Waals surface area contributed by atoms with Gasteiger partial charge in [0.15, 0.2) is 17.5 Å². The molecule has 3 rings (SSSR count). The molecule has 4 unspecified atom stereocenters. The quantitative estimate of drug-likeness (QED) is 0.382. The lowest BCUT2D eigenvalue weighted by Gasteiger charge is -2.42. The first-order valence-electron chi connectivity index (χ1n) is 10.3. The van der Waals surface area contributed by atoms with Crippen molar-refractivity contribution in [3.05, 3.63) is 35.1 Å². The van der Waals surface area contributed by atoms with Crippen LogP contribution in [0.4, 0.5) is 13.2 Å². The molecule has 1 nitrogen and oxygen atoms in total. The van der Waals surface area contributed by atoms with Gasteiger partial charge in [0.05, 0.1) is 6.10 Å². The zero-order valence-electron chi connectivity index (χ0n) is 15.8. The van der Waals surface area contributed by atoms with Gasteiger partial charge in [-0.05, 0) is 74.3 Å². The van der Waals surface area contributed by atoms with Crippen molar-refractivity contribution in [3.63, 3.8) is 0 Å². The molecule has 26 heavy (non-hydrogen) atoms. The van der Waals surface area contributed by atoms with E-state index in [-0.39, 0.29) is 5.92 Å². The average molecular weight is 368 g/mol. The molecule has 0 saturated heterocycles. The zero-order valence-corrected chi connectivity index (χ0v) is 15.8. The van der Waals surface area contributed by atoms with Crippen LogP contribution in [0, 0.1) is 29.3 Å². The summed E-state index contributed by atoms with van der Waals surface area (Å²) < 4.78 is 47.0. The molecule has 4 heteroatoms. The van der Waals surface area contributed by atoms with Gasteiger partial charge in [-0.1, -0.05) is 32.3 Å². The van der Waals surface area contributed by atoms with Crippen molar-refractivity contribution in [1.82, 2.24) is 0 Å². The molecule has 0 aliphatic heterocycles. The maximum absolute atomic E-state index is 14.1. The van der Waals surface area contributed by atoms with E-state index in [1.807, 2.05) is 0 Å². The molecule has 2 saturated carbocycles. The second kappa shape index (κ2) is 9.25. The summed E-state index contributed by atoms with van der Waals surface area (Å²) in [6.45, 7) is 3.08. The Morgan fingerprint density at radius 3 is 2.46 bits per heavy atom. The van der Waals surface area contributed by atoms with E-state index in [0.717, 1.165) is 57.6 Å². The van der Waals surface area contributed by atoms with Gasteiger partial charge < -0.3 is 4.74 Å². The number of halogens is 3. The van der Waals surface area contributed by atoms with Gasteiger partial charge in [-0.25, -0.2) is 13.2 Å². The van der Waals surface area contributed by atoms with Crippen LogP contribution in [0.1, 0.15) is 82.6 Å². The van der Waals surface area contributed by atoms with Crippen molar-refractivity contribution in [2.24, 2.45) is 11.8 Å². The third-order valence-corrected chi connectivity index (χ3v) is 6.42. The molecule has 0 amide bonds. The van der Waals surface area contributed by atoms with Gasteiger partial charge in [0.1, 0.15) is 0 Å². The van der Waals surface area contributed by atoms with Gasteiger partial charge >= 0.3 is 0 Å². The van der Waals surface area contributed by atoms with Gasteiger partial charge in [0.25, 0.3) is 0 Å². The summed E-state index contributed by atoms with van der Waals surface area (Å²) in [5.74, 6) is -2.22. The molecule has 146 valence electrons. The highest BCUT2D eigenvalue weighted by Gasteiger charge is 2.37. The van der Waals surface area contributed by atoms with Crippen LogP contribution in [-0.4, -0.2) is 12.7 Å². The zero-order chi connectivity index (χ0) is 18.5. The van der Waals surface area contributed by atoms with Crippen LogP contribution in [-0.2, 0) is 4.74 Å². The van der Waals surface area contributed by atoms with E-state index in [4.69, 9.17) is 4.74 Å². The summed E-state index contributed by atoms with van der Waals surface area (Å²) in [6, 6.07) is 2.49. The molecule has 2 aliphatic carbocycles. The van der Waals surface area contributed by atoms with E-state index in [1.54, 1.807) is 0 Å². The molecule has 0 aromatic heterocycles. The molecule has 0 bridgehead atoms. The van der Waals surface area contributed by atoms with Crippen molar-refractivity contribution >= 4 is 0 Å². The van der Waals surface area contributed by atoms with E-state index in [0.29, 0.717) is 23.5 Å². The molecule has 0 heterocycles. The number of hydrogen-bond donors (Lipinski definition) is 0. The summed E-state index contributed by atoms with van der Waals surface area (Å²) in [5.41, 5.74) is 0.358. The van der Waals surface area contributed by atoms with Crippen molar-refractivity contribution < 1.29 is 17.9 Å². The second-order valence-electron chi connectivity index (χ2n) is 8.16. The minimum Gasteiger partial charge on any atom is -0.378 e. The standard InChI is InChI=1S/C22H31F3O/c1-2-3-4-5-12-26-18-9-8-15-13-17(7-6-16(15)14-18)19-10-11-20(23)22(25)21(19)24/h10-11,15-18H,2-9,12-14H2,1H3. The third-order valence-electron chi connectivity index (χ3n) is 6.42. The van der Waals surface area contributed by atoms with Crippen molar-refractivity contribution in [2.45, 2.75) is 83.2 Å². The van der Waals surface area contributed by atoms with Crippen molar-refractivity contribution in [3.8, 4) is 0 Å². The number of unbranched alkanes of at least 4 members (excludes halogenated alkanes) is 3. The monoisotopic (exact) mass is 368 g/mol. The fourth-order valence-corrected chi connectivity index (χ4v) is 4.91. The molecular weight excluding hydrogens is 337 g/mol. The topological polar surface area (TPSA) is 9.23 Å². The fourth-order valence-electron chi connectivity index (χ4n) is 4.91. The summed E-state index contributed by atoms with van der Waals surface area (Å²) in [4.78, 5) is 0. The average Bonchev–Trinajstić information content (AvgIpc) is 2.66.